The molecule has 0 aliphatic carbocycles. The van der Waals surface area contributed by atoms with Crippen molar-refractivity contribution in [2.75, 3.05) is 11.9 Å². The minimum absolute atomic E-state index is 0.0735. The van der Waals surface area contributed by atoms with Crippen molar-refractivity contribution in [3.05, 3.63) is 81.7 Å². The van der Waals surface area contributed by atoms with Crippen molar-refractivity contribution in [2.24, 2.45) is 0 Å². The lowest BCUT2D eigenvalue weighted by Gasteiger charge is -2.18. The summed E-state index contributed by atoms with van der Waals surface area (Å²) < 4.78 is 5.23. The summed E-state index contributed by atoms with van der Waals surface area (Å²) in [6.45, 7) is 8.47. The fourth-order valence-electron chi connectivity index (χ4n) is 3.12. The Hall–Kier alpha value is -2.89. The van der Waals surface area contributed by atoms with Crippen LogP contribution in [-0.2, 0) is 14.9 Å². The highest BCUT2D eigenvalue weighted by Crippen LogP contribution is 2.36. The van der Waals surface area contributed by atoms with Gasteiger partial charge in [-0.2, -0.15) is 0 Å². The van der Waals surface area contributed by atoms with Crippen molar-refractivity contribution < 1.29 is 14.3 Å². The topological polar surface area (TPSA) is 55.4 Å². The van der Waals surface area contributed by atoms with Crippen molar-refractivity contribution in [2.45, 2.75) is 33.1 Å². The molecule has 2 aromatic carbocycles. The lowest BCUT2D eigenvalue weighted by Crippen LogP contribution is -2.12. The number of esters is 1. The molecule has 0 aliphatic heterocycles. The largest absolute Gasteiger partial charge is 0.462 e. The van der Waals surface area contributed by atoms with E-state index >= 15 is 0 Å². The van der Waals surface area contributed by atoms with Crippen LogP contribution < -0.4 is 5.32 Å². The zero-order valence-corrected chi connectivity index (χ0v) is 20.1. The summed E-state index contributed by atoms with van der Waals surface area (Å²) in [6, 6.07) is 15.3. The molecule has 0 bridgehead atoms. The molecule has 0 unspecified atom stereocenters. The molecule has 6 heteroatoms. The monoisotopic (exact) mass is 467 g/mol. The first kappa shape index (κ1) is 23.8. The smallest absolute Gasteiger partial charge is 0.341 e. The van der Waals surface area contributed by atoms with Crippen LogP contribution in [0.3, 0.4) is 0 Å². The van der Waals surface area contributed by atoms with Crippen molar-refractivity contribution in [3.8, 4) is 11.1 Å². The first-order valence-corrected chi connectivity index (χ1v) is 11.6. The summed E-state index contributed by atoms with van der Waals surface area (Å²) in [7, 11) is 0. The van der Waals surface area contributed by atoms with Crippen LogP contribution in [0.2, 0.25) is 5.02 Å². The number of hydrogen-bond donors (Lipinski definition) is 1. The molecule has 0 radical (unpaired) electrons. The zero-order valence-electron chi connectivity index (χ0n) is 18.6. The van der Waals surface area contributed by atoms with Crippen LogP contribution in [0.5, 0.6) is 0 Å². The van der Waals surface area contributed by atoms with E-state index in [-0.39, 0.29) is 17.9 Å². The number of hydrogen-bond acceptors (Lipinski definition) is 4. The summed E-state index contributed by atoms with van der Waals surface area (Å²) in [5, 5.41) is 5.71. The van der Waals surface area contributed by atoms with Crippen LogP contribution in [0.25, 0.3) is 17.2 Å². The highest BCUT2D eigenvalue weighted by molar-refractivity contribution is 7.15. The van der Waals surface area contributed by atoms with Gasteiger partial charge in [-0.05, 0) is 47.2 Å². The minimum Gasteiger partial charge on any atom is -0.462 e. The van der Waals surface area contributed by atoms with E-state index in [1.54, 1.807) is 25.1 Å². The Morgan fingerprint density at radius 3 is 2.31 bits per heavy atom. The second-order valence-electron chi connectivity index (χ2n) is 8.28. The molecule has 1 N–H and O–H groups in total. The fraction of sp³-hybridized carbons (Fsp3) is 0.231. The molecule has 1 aromatic heterocycles. The summed E-state index contributed by atoms with van der Waals surface area (Å²) >= 11 is 7.27. The van der Waals surface area contributed by atoms with E-state index in [9.17, 15) is 9.59 Å². The van der Waals surface area contributed by atoms with Gasteiger partial charge in [0, 0.05) is 22.0 Å². The molecule has 0 fully saturated rings. The van der Waals surface area contributed by atoms with Crippen LogP contribution in [-0.4, -0.2) is 18.5 Å². The Kier molecular flexibility index (Phi) is 7.54. The van der Waals surface area contributed by atoms with Crippen LogP contribution in [0, 0.1) is 0 Å². The molecule has 32 heavy (non-hydrogen) atoms. The predicted octanol–water partition coefficient (Wildman–Crippen LogP) is 7.19. The number of benzene rings is 2. The van der Waals surface area contributed by atoms with Crippen molar-refractivity contribution >= 4 is 45.9 Å². The second kappa shape index (κ2) is 10.2. The van der Waals surface area contributed by atoms with E-state index in [0.29, 0.717) is 21.2 Å². The predicted molar refractivity (Wildman–Crippen MR) is 134 cm³/mol. The zero-order chi connectivity index (χ0) is 23.3. The second-order valence-corrected chi connectivity index (χ2v) is 9.59. The van der Waals surface area contributed by atoms with Gasteiger partial charge >= 0.3 is 5.97 Å². The van der Waals surface area contributed by atoms with Crippen LogP contribution in [0.15, 0.2) is 60.0 Å². The molecule has 3 rings (SSSR count). The maximum absolute atomic E-state index is 12.7. The van der Waals surface area contributed by atoms with Gasteiger partial charge in [0.15, 0.2) is 0 Å². The number of ether oxygens (including phenoxy) is 1. The van der Waals surface area contributed by atoms with E-state index in [1.165, 1.54) is 23.0 Å². The Labute approximate surface area is 197 Å². The first-order chi connectivity index (χ1) is 15.2. The van der Waals surface area contributed by atoms with Gasteiger partial charge in [0.25, 0.3) is 0 Å². The SMILES string of the molecule is CCOC(=O)c1c(-c2ccc(Cl)cc2)csc1NC(=O)/C=C/c1ccc(C(C)(C)C)cc1. The summed E-state index contributed by atoms with van der Waals surface area (Å²) in [5.41, 5.74) is 4.09. The number of amides is 1. The van der Waals surface area contributed by atoms with Crippen molar-refractivity contribution in [3.63, 3.8) is 0 Å². The molecule has 0 spiro atoms. The molecular formula is C26H26ClNO3S. The van der Waals surface area contributed by atoms with Gasteiger partial charge in [0.1, 0.15) is 10.6 Å². The average Bonchev–Trinajstić information content (AvgIpc) is 3.16. The fourth-order valence-corrected chi connectivity index (χ4v) is 4.20. The third-order valence-electron chi connectivity index (χ3n) is 4.87. The molecule has 0 saturated heterocycles. The Balaban J connectivity index is 1.81. The summed E-state index contributed by atoms with van der Waals surface area (Å²) in [5.74, 6) is -0.796. The molecule has 1 amide bonds. The van der Waals surface area contributed by atoms with Crippen LogP contribution in [0.1, 0.15) is 49.2 Å². The Bertz CT molecular complexity index is 1120. The number of thiophene rings is 1. The maximum atomic E-state index is 12.7. The molecule has 4 nitrogen and oxygen atoms in total. The van der Waals surface area contributed by atoms with Gasteiger partial charge in [-0.25, -0.2) is 4.79 Å². The Morgan fingerprint density at radius 2 is 1.72 bits per heavy atom. The number of halogens is 1. The molecular weight excluding hydrogens is 442 g/mol. The van der Waals surface area contributed by atoms with Crippen LogP contribution >= 0.6 is 22.9 Å². The third-order valence-corrected chi connectivity index (χ3v) is 6.01. The lowest BCUT2D eigenvalue weighted by atomic mass is 9.87. The van der Waals surface area contributed by atoms with E-state index in [2.05, 4.69) is 38.2 Å². The molecule has 3 aromatic rings. The highest BCUT2D eigenvalue weighted by Gasteiger charge is 2.22. The third kappa shape index (κ3) is 5.87. The summed E-state index contributed by atoms with van der Waals surface area (Å²) in [6.07, 6.45) is 3.21. The van der Waals surface area contributed by atoms with Gasteiger partial charge in [-0.3, -0.25) is 4.79 Å². The van der Waals surface area contributed by atoms with Gasteiger partial charge in [0.2, 0.25) is 5.91 Å². The van der Waals surface area contributed by atoms with E-state index in [4.69, 9.17) is 16.3 Å². The quantitative estimate of drug-likeness (QED) is 0.308. The van der Waals surface area contributed by atoms with E-state index < -0.39 is 5.97 Å². The first-order valence-electron chi connectivity index (χ1n) is 10.3. The number of nitrogens with one attached hydrogen (secondary N) is 1. The van der Waals surface area contributed by atoms with Crippen molar-refractivity contribution in [1.82, 2.24) is 0 Å². The number of carbonyl (C=O) groups is 2. The molecule has 0 saturated carbocycles. The number of anilines is 1. The average molecular weight is 468 g/mol. The van der Waals surface area contributed by atoms with Gasteiger partial charge in [0.05, 0.1) is 6.61 Å². The van der Waals surface area contributed by atoms with Crippen LogP contribution in [0.4, 0.5) is 5.00 Å². The summed E-state index contributed by atoms with van der Waals surface area (Å²) in [4.78, 5) is 25.2. The lowest BCUT2D eigenvalue weighted by molar-refractivity contribution is -0.111. The molecule has 1 heterocycles. The molecule has 166 valence electrons. The minimum atomic E-state index is -0.476. The van der Waals surface area contributed by atoms with E-state index in [1.807, 2.05) is 29.6 Å². The number of carbonyl (C=O) groups excluding carboxylic acids is 2. The maximum Gasteiger partial charge on any atom is 0.341 e. The van der Waals surface area contributed by atoms with Gasteiger partial charge < -0.3 is 10.1 Å². The highest BCUT2D eigenvalue weighted by atomic mass is 35.5. The number of rotatable bonds is 6. The van der Waals surface area contributed by atoms with Gasteiger partial charge in [-0.15, -0.1) is 11.3 Å². The van der Waals surface area contributed by atoms with E-state index in [0.717, 1.165) is 11.1 Å². The van der Waals surface area contributed by atoms with Crippen molar-refractivity contribution in [1.29, 1.82) is 0 Å². The standard InChI is InChI=1S/C26H26ClNO3S/c1-5-31-25(30)23-21(18-9-13-20(27)14-10-18)16-32-24(23)28-22(29)15-8-17-6-11-19(12-7-17)26(2,3)4/h6-16H,5H2,1-4H3,(H,28,29)/b15-8+. The normalized spacial score (nSPS) is 11.5. The van der Waals surface area contributed by atoms with Gasteiger partial charge in [-0.1, -0.05) is 68.8 Å². The molecule has 0 atom stereocenters. The molecule has 0 aliphatic rings. The Morgan fingerprint density at radius 1 is 1.06 bits per heavy atom.